The first kappa shape index (κ1) is 23.4. The van der Waals surface area contributed by atoms with Crippen LogP contribution in [-0.2, 0) is 14.3 Å². The maximum absolute atomic E-state index is 13.2. The van der Waals surface area contributed by atoms with E-state index in [-0.39, 0.29) is 30.0 Å². The molecule has 3 rings (SSSR count). The number of halogens is 1. The van der Waals surface area contributed by atoms with E-state index >= 15 is 0 Å². The molecule has 0 saturated carbocycles. The summed E-state index contributed by atoms with van der Waals surface area (Å²) in [6, 6.07) is 12.3. The van der Waals surface area contributed by atoms with Crippen molar-refractivity contribution in [3.63, 3.8) is 0 Å². The van der Waals surface area contributed by atoms with E-state index in [1.807, 2.05) is 0 Å². The molecule has 2 amide bonds. The highest BCUT2D eigenvalue weighted by atomic mass is 35.5. The van der Waals surface area contributed by atoms with Crippen LogP contribution in [0.1, 0.15) is 23.7 Å². The van der Waals surface area contributed by atoms with Crippen molar-refractivity contribution in [2.45, 2.75) is 19.4 Å². The van der Waals surface area contributed by atoms with Crippen LogP contribution in [0.3, 0.4) is 0 Å². The lowest BCUT2D eigenvalue weighted by atomic mass is 10.1. The summed E-state index contributed by atoms with van der Waals surface area (Å²) in [5.41, 5.74) is 1.45. The van der Waals surface area contributed by atoms with Crippen LogP contribution in [-0.4, -0.2) is 47.0 Å². The first-order chi connectivity index (χ1) is 15.3. The molecule has 9 heteroatoms. The van der Waals surface area contributed by atoms with Gasteiger partial charge in [-0.1, -0.05) is 17.7 Å². The fraction of sp³-hybridized carbons (Fsp3) is 0.217. The molecule has 0 spiro atoms. The van der Waals surface area contributed by atoms with Gasteiger partial charge in [0.15, 0.2) is 5.11 Å². The fourth-order valence-electron chi connectivity index (χ4n) is 3.30. The lowest BCUT2D eigenvalue weighted by Gasteiger charge is -2.22. The van der Waals surface area contributed by atoms with Crippen LogP contribution in [0.4, 0.5) is 11.4 Å². The number of rotatable bonds is 8. The SMILES string of the molecule is C=CCN1C(=S)N(c2ccc(C(=O)OCC)cc2)C(=O)[C@@H]1CC(=O)Nc1ccc(Cl)cc1. The Balaban J connectivity index is 1.78. The van der Waals surface area contributed by atoms with Crippen molar-refractivity contribution in [3.05, 3.63) is 71.8 Å². The molecule has 2 aromatic rings. The number of ether oxygens (including phenoxy) is 1. The van der Waals surface area contributed by atoms with Crippen molar-refractivity contribution in [2.75, 3.05) is 23.4 Å². The van der Waals surface area contributed by atoms with Crippen LogP contribution in [0.25, 0.3) is 0 Å². The second-order valence-corrected chi connectivity index (χ2v) is 7.74. The summed E-state index contributed by atoms with van der Waals surface area (Å²) < 4.78 is 4.98. The third-order valence-electron chi connectivity index (χ3n) is 4.79. The zero-order chi connectivity index (χ0) is 23.3. The maximum atomic E-state index is 13.2. The van der Waals surface area contributed by atoms with E-state index < -0.39 is 12.0 Å². The van der Waals surface area contributed by atoms with E-state index in [2.05, 4.69) is 11.9 Å². The molecule has 1 aliphatic rings. The number of benzene rings is 2. The highest BCUT2D eigenvalue weighted by Crippen LogP contribution is 2.28. The van der Waals surface area contributed by atoms with E-state index in [0.29, 0.717) is 28.5 Å². The number of hydrogen-bond donors (Lipinski definition) is 1. The molecule has 1 N–H and O–H groups in total. The Labute approximate surface area is 196 Å². The van der Waals surface area contributed by atoms with Crippen molar-refractivity contribution in [1.29, 1.82) is 0 Å². The highest BCUT2D eigenvalue weighted by Gasteiger charge is 2.43. The van der Waals surface area contributed by atoms with Gasteiger partial charge in [-0.05, 0) is 67.7 Å². The molecular weight excluding hydrogens is 450 g/mol. The number of esters is 1. The van der Waals surface area contributed by atoms with Crippen molar-refractivity contribution in [1.82, 2.24) is 4.90 Å². The number of thiocarbonyl (C=S) groups is 1. The first-order valence-corrected chi connectivity index (χ1v) is 10.7. The number of hydrogen-bond acceptors (Lipinski definition) is 5. The van der Waals surface area contributed by atoms with Crippen LogP contribution in [0, 0.1) is 0 Å². The molecule has 0 aromatic heterocycles. The predicted molar refractivity (Wildman–Crippen MR) is 128 cm³/mol. The van der Waals surface area contributed by atoms with Crippen LogP contribution < -0.4 is 10.2 Å². The summed E-state index contributed by atoms with van der Waals surface area (Å²) in [5, 5.41) is 3.59. The Morgan fingerprint density at radius 2 is 1.84 bits per heavy atom. The van der Waals surface area contributed by atoms with Crippen LogP contribution in [0.5, 0.6) is 0 Å². The van der Waals surface area contributed by atoms with Crippen molar-refractivity contribution in [2.24, 2.45) is 0 Å². The average molecular weight is 472 g/mol. The Morgan fingerprint density at radius 1 is 1.19 bits per heavy atom. The quantitative estimate of drug-likeness (QED) is 0.355. The molecule has 2 aromatic carbocycles. The molecule has 0 bridgehead atoms. The molecule has 1 fully saturated rings. The van der Waals surface area contributed by atoms with Crippen LogP contribution in [0.15, 0.2) is 61.2 Å². The van der Waals surface area contributed by atoms with Crippen molar-refractivity contribution >= 4 is 58.1 Å². The largest absolute Gasteiger partial charge is 0.462 e. The Kier molecular flexibility index (Phi) is 7.61. The topological polar surface area (TPSA) is 79.0 Å². The summed E-state index contributed by atoms with van der Waals surface area (Å²) >= 11 is 11.4. The summed E-state index contributed by atoms with van der Waals surface area (Å²) in [4.78, 5) is 40.8. The Morgan fingerprint density at radius 3 is 2.44 bits per heavy atom. The molecule has 0 aliphatic carbocycles. The van der Waals surface area contributed by atoms with Gasteiger partial charge in [-0.3, -0.25) is 14.5 Å². The normalized spacial score (nSPS) is 15.6. The lowest BCUT2D eigenvalue weighted by Crippen LogP contribution is -2.37. The minimum absolute atomic E-state index is 0.0904. The first-order valence-electron chi connectivity index (χ1n) is 9.93. The Hall–Kier alpha value is -3.23. The molecular formula is C23H22ClN3O4S. The molecule has 32 heavy (non-hydrogen) atoms. The van der Waals surface area contributed by atoms with E-state index in [1.165, 1.54) is 4.90 Å². The fourth-order valence-corrected chi connectivity index (χ4v) is 3.82. The van der Waals surface area contributed by atoms with Crippen LogP contribution >= 0.6 is 23.8 Å². The van der Waals surface area contributed by atoms with E-state index in [4.69, 9.17) is 28.6 Å². The van der Waals surface area contributed by atoms with E-state index in [0.717, 1.165) is 0 Å². The molecule has 1 heterocycles. The number of nitrogens with zero attached hydrogens (tertiary/aromatic N) is 2. The maximum Gasteiger partial charge on any atom is 0.338 e. The lowest BCUT2D eigenvalue weighted by molar-refractivity contribution is -0.124. The van der Waals surface area contributed by atoms with Crippen molar-refractivity contribution < 1.29 is 19.1 Å². The van der Waals surface area contributed by atoms with Gasteiger partial charge in [-0.2, -0.15) is 0 Å². The minimum Gasteiger partial charge on any atom is -0.462 e. The molecule has 0 radical (unpaired) electrons. The van der Waals surface area contributed by atoms with Gasteiger partial charge < -0.3 is 15.0 Å². The third kappa shape index (κ3) is 5.15. The molecule has 7 nitrogen and oxygen atoms in total. The smallest absolute Gasteiger partial charge is 0.338 e. The number of nitrogens with one attached hydrogen (secondary N) is 1. The standard InChI is InChI=1S/C23H22ClN3O4S/c1-3-13-26-19(14-20(28)25-17-9-7-16(24)8-10-17)21(29)27(23(26)32)18-11-5-15(6-12-18)22(30)31-4-2/h3,5-12,19H,1,4,13-14H2,2H3,(H,25,28)/t19-/m0/s1. The van der Waals surface area contributed by atoms with Gasteiger partial charge in [0, 0.05) is 17.3 Å². The zero-order valence-corrected chi connectivity index (χ0v) is 19.0. The summed E-state index contributed by atoms with van der Waals surface area (Å²) in [7, 11) is 0. The van der Waals surface area contributed by atoms with Crippen molar-refractivity contribution in [3.8, 4) is 0 Å². The highest BCUT2D eigenvalue weighted by molar-refractivity contribution is 7.80. The number of carbonyl (C=O) groups excluding carboxylic acids is 3. The number of carbonyl (C=O) groups is 3. The van der Waals surface area contributed by atoms with Gasteiger partial charge in [0.25, 0.3) is 5.91 Å². The summed E-state index contributed by atoms with van der Waals surface area (Å²) in [5.74, 6) is -1.10. The second-order valence-electron chi connectivity index (χ2n) is 6.94. The molecule has 1 saturated heterocycles. The van der Waals surface area contributed by atoms with Gasteiger partial charge in [0.2, 0.25) is 5.91 Å². The second kappa shape index (κ2) is 10.4. The third-order valence-corrected chi connectivity index (χ3v) is 5.46. The molecule has 0 unspecified atom stereocenters. The zero-order valence-electron chi connectivity index (χ0n) is 17.4. The van der Waals surface area contributed by atoms with Gasteiger partial charge in [0.05, 0.1) is 24.3 Å². The molecule has 1 atom stereocenters. The monoisotopic (exact) mass is 471 g/mol. The van der Waals surface area contributed by atoms with Gasteiger partial charge in [0.1, 0.15) is 6.04 Å². The predicted octanol–water partition coefficient (Wildman–Crippen LogP) is 4.03. The molecule has 1 aliphatic heterocycles. The van der Waals surface area contributed by atoms with E-state index in [9.17, 15) is 14.4 Å². The molecule has 166 valence electrons. The van der Waals surface area contributed by atoms with E-state index in [1.54, 1.807) is 66.4 Å². The minimum atomic E-state index is -0.780. The van der Waals surface area contributed by atoms with Gasteiger partial charge >= 0.3 is 5.97 Å². The average Bonchev–Trinajstić information content (AvgIpc) is 3.00. The number of anilines is 2. The Bertz CT molecular complexity index is 1040. The summed E-state index contributed by atoms with van der Waals surface area (Å²) in [6.07, 6.45) is 1.53. The van der Waals surface area contributed by atoms with Gasteiger partial charge in [-0.25, -0.2) is 4.79 Å². The number of amides is 2. The summed E-state index contributed by atoms with van der Waals surface area (Å²) in [6.45, 7) is 6.03. The van der Waals surface area contributed by atoms with Crippen LogP contribution in [0.2, 0.25) is 5.02 Å². The van der Waals surface area contributed by atoms with Gasteiger partial charge in [-0.15, -0.1) is 6.58 Å².